The highest BCUT2D eigenvalue weighted by Crippen LogP contribution is 2.10. The molecule has 1 aromatic heterocycles. The summed E-state index contributed by atoms with van der Waals surface area (Å²) >= 11 is 0. The lowest BCUT2D eigenvalue weighted by molar-refractivity contribution is -0.886. The molecule has 0 aliphatic rings. The molecule has 2 rings (SSSR count). The number of ether oxygens (including phenoxy) is 1. The summed E-state index contributed by atoms with van der Waals surface area (Å²) in [7, 11) is 1.92. The number of quaternary nitrogens is 1. The molecule has 0 fully saturated rings. The molecule has 23 heavy (non-hydrogen) atoms. The number of hydrogen-bond donors (Lipinski definition) is 2. The maximum atomic E-state index is 12.0. The Bertz CT molecular complexity index is 635. The number of carbonyl (C=O) groups excluding carboxylic acids is 2. The fraction of sp³-hybridized carbons (Fsp3) is 0.294. The van der Waals surface area contributed by atoms with Crippen molar-refractivity contribution < 1.29 is 23.6 Å². The maximum Gasteiger partial charge on any atom is 0.338 e. The van der Waals surface area contributed by atoms with Crippen molar-refractivity contribution in [1.29, 1.82) is 0 Å². The smallest absolute Gasteiger partial charge is 0.338 e. The van der Waals surface area contributed by atoms with Gasteiger partial charge in [-0.15, -0.1) is 0 Å². The number of esters is 1. The number of benzene rings is 1. The van der Waals surface area contributed by atoms with Gasteiger partial charge in [0.1, 0.15) is 6.54 Å². The SMILES string of the molecule is CCOC(=O)c1ccc(NC(=O)C[NH+](C)Cc2ccco2)cc1. The van der Waals surface area contributed by atoms with Gasteiger partial charge < -0.3 is 19.4 Å². The van der Waals surface area contributed by atoms with Gasteiger partial charge >= 0.3 is 5.97 Å². The van der Waals surface area contributed by atoms with E-state index < -0.39 is 0 Å². The molecule has 0 saturated carbocycles. The van der Waals surface area contributed by atoms with Gasteiger partial charge in [-0.25, -0.2) is 4.79 Å². The number of hydrogen-bond acceptors (Lipinski definition) is 4. The van der Waals surface area contributed by atoms with Crippen LogP contribution in [-0.2, 0) is 16.1 Å². The first-order valence-electron chi connectivity index (χ1n) is 7.49. The van der Waals surface area contributed by atoms with Crippen LogP contribution in [0, 0.1) is 0 Å². The molecular formula is C17H21N2O4+. The normalized spacial score (nSPS) is 11.7. The van der Waals surface area contributed by atoms with Crippen molar-refractivity contribution in [3.8, 4) is 0 Å². The Morgan fingerprint density at radius 1 is 1.22 bits per heavy atom. The van der Waals surface area contributed by atoms with Gasteiger partial charge in [0.25, 0.3) is 5.91 Å². The van der Waals surface area contributed by atoms with Gasteiger partial charge in [0.05, 0.1) is 25.5 Å². The summed E-state index contributed by atoms with van der Waals surface area (Å²) in [4.78, 5) is 24.6. The maximum absolute atomic E-state index is 12.0. The lowest BCUT2D eigenvalue weighted by Gasteiger charge is -2.12. The highest BCUT2D eigenvalue weighted by Gasteiger charge is 2.12. The second kappa shape index (κ2) is 8.14. The number of likely N-dealkylation sites (N-methyl/N-ethyl adjacent to an activating group) is 1. The van der Waals surface area contributed by atoms with Gasteiger partial charge in [-0.1, -0.05) is 0 Å². The van der Waals surface area contributed by atoms with Crippen molar-refractivity contribution in [2.45, 2.75) is 13.5 Å². The first kappa shape index (κ1) is 16.8. The minimum Gasteiger partial charge on any atom is -0.463 e. The minimum absolute atomic E-state index is 0.0991. The summed E-state index contributed by atoms with van der Waals surface area (Å²) in [6.45, 7) is 3.05. The van der Waals surface area contributed by atoms with E-state index in [0.717, 1.165) is 10.7 Å². The summed E-state index contributed by atoms with van der Waals surface area (Å²) in [5.74, 6) is 0.375. The number of anilines is 1. The topological polar surface area (TPSA) is 73.0 Å². The predicted molar refractivity (Wildman–Crippen MR) is 85.2 cm³/mol. The molecule has 0 radical (unpaired) electrons. The Kier molecular flexibility index (Phi) is 5.94. The van der Waals surface area contributed by atoms with Crippen LogP contribution < -0.4 is 10.2 Å². The van der Waals surface area contributed by atoms with E-state index in [-0.39, 0.29) is 11.9 Å². The van der Waals surface area contributed by atoms with E-state index in [1.807, 2.05) is 19.2 Å². The van der Waals surface area contributed by atoms with E-state index in [0.29, 0.717) is 30.9 Å². The Labute approximate surface area is 135 Å². The highest BCUT2D eigenvalue weighted by molar-refractivity contribution is 5.93. The lowest BCUT2D eigenvalue weighted by Crippen LogP contribution is -3.08. The third-order valence-electron chi connectivity index (χ3n) is 3.20. The minimum atomic E-state index is -0.368. The van der Waals surface area contributed by atoms with E-state index >= 15 is 0 Å². The Morgan fingerprint density at radius 3 is 2.57 bits per heavy atom. The number of rotatable bonds is 7. The molecular weight excluding hydrogens is 296 g/mol. The molecule has 6 nitrogen and oxygen atoms in total. The molecule has 1 heterocycles. The molecule has 2 aromatic rings. The molecule has 0 bridgehead atoms. The molecule has 0 saturated heterocycles. The van der Waals surface area contributed by atoms with Crippen molar-refractivity contribution >= 4 is 17.6 Å². The lowest BCUT2D eigenvalue weighted by atomic mass is 10.2. The van der Waals surface area contributed by atoms with Crippen LogP contribution in [0.5, 0.6) is 0 Å². The van der Waals surface area contributed by atoms with Gasteiger partial charge in [0.2, 0.25) is 0 Å². The first-order chi connectivity index (χ1) is 11.1. The summed E-state index contributed by atoms with van der Waals surface area (Å²) in [5, 5.41) is 2.81. The van der Waals surface area contributed by atoms with Gasteiger partial charge in [-0.3, -0.25) is 4.79 Å². The molecule has 6 heteroatoms. The number of amides is 1. The third kappa shape index (κ3) is 5.27. The summed E-state index contributed by atoms with van der Waals surface area (Å²) in [6.07, 6.45) is 1.62. The van der Waals surface area contributed by atoms with E-state index in [9.17, 15) is 9.59 Å². The molecule has 1 amide bonds. The molecule has 0 aliphatic heterocycles. The Balaban J connectivity index is 1.83. The van der Waals surface area contributed by atoms with Crippen molar-refractivity contribution in [3.05, 3.63) is 54.0 Å². The molecule has 0 aliphatic carbocycles. The van der Waals surface area contributed by atoms with Gasteiger partial charge in [0.15, 0.2) is 12.3 Å². The van der Waals surface area contributed by atoms with Gasteiger partial charge in [-0.2, -0.15) is 0 Å². The zero-order chi connectivity index (χ0) is 16.7. The van der Waals surface area contributed by atoms with E-state index in [4.69, 9.17) is 9.15 Å². The van der Waals surface area contributed by atoms with Crippen LogP contribution in [0.15, 0.2) is 47.1 Å². The number of carbonyl (C=O) groups is 2. The Morgan fingerprint density at radius 2 is 1.96 bits per heavy atom. The molecule has 2 N–H and O–H groups in total. The second-order valence-corrected chi connectivity index (χ2v) is 5.24. The largest absolute Gasteiger partial charge is 0.463 e. The van der Waals surface area contributed by atoms with Crippen molar-refractivity contribution in [2.24, 2.45) is 0 Å². The fourth-order valence-corrected chi connectivity index (χ4v) is 2.16. The van der Waals surface area contributed by atoms with Gasteiger partial charge in [0, 0.05) is 5.69 Å². The second-order valence-electron chi connectivity index (χ2n) is 5.24. The van der Waals surface area contributed by atoms with Crippen LogP contribution in [0.25, 0.3) is 0 Å². The van der Waals surface area contributed by atoms with Crippen LogP contribution in [0.2, 0.25) is 0 Å². The number of nitrogens with one attached hydrogen (secondary N) is 2. The molecule has 1 atom stereocenters. The van der Waals surface area contributed by atoms with Crippen LogP contribution in [0.4, 0.5) is 5.69 Å². The monoisotopic (exact) mass is 317 g/mol. The van der Waals surface area contributed by atoms with E-state index in [1.165, 1.54) is 0 Å². The van der Waals surface area contributed by atoms with Crippen molar-refractivity contribution in [2.75, 3.05) is 25.5 Å². The molecule has 0 spiro atoms. The summed E-state index contributed by atoms with van der Waals surface area (Å²) < 4.78 is 10.2. The molecule has 122 valence electrons. The predicted octanol–water partition coefficient (Wildman–Crippen LogP) is 1.11. The zero-order valence-corrected chi connectivity index (χ0v) is 13.3. The standard InChI is InChI=1S/C17H20N2O4/c1-3-22-17(21)13-6-8-14(9-7-13)18-16(20)12-19(2)11-15-5-4-10-23-15/h4-10H,3,11-12H2,1-2H3,(H,18,20)/p+1. The average molecular weight is 317 g/mol. The fourth-order valence-electron chi connectivity index (χ4n) is 2.16. The van der Waals surface area contributed by atoms with Crippen molar-refractivity contribution in [3.63, 3.8) is 0 Å². The third-order valence-corrected chi connectivity index (χ3v) is 3.20. The Hall–Kier alpha value is -2.60. The summed E-state index contributed by atoms with van der Waals surface area (Å²) in [5.41, 5.74) is 1.11. The zero-order valence-electron chi connectivity index (χ0n) is 13.3. The molecule has 1 aromatic carbocycles. The van der Waals surface area contributed by atoms with Gasteiger partial charge in [-0.05, 0) is 43.3 Å². The van der Waals surface area contributed by atoms with E-state index in [2.05, 4.69) is 5.32 Å². The van der Waals surface area contributed by atoms with Crippen LogP contribution in [-0.4, -0.2) is 32.1 Å². The first-order valence-corrected chi connectivity index (χ1v) is 7.49. The van der Waals surface area contributed by atoms with Crippen LogP contribution >= 0.6 is 0 Å². The highest BCUT2D eigenvalue weighted by atomic mass is 16.5. The van der Waals surface area contributed by atoms with E-state index in [1.54, 1.807) is 37.5 Å². The summed E-state index contributed by atoms with van der Waals surface area (Å²) in [6, 6.07) is 10.3. The van der Waals surface area contributed by atoms with Crippen molar-refractivity contribution in [1.82, 2.24) is 0 Å². The average Bonchev–Trinajstić information content (AvgIpc) is 3.00. The quantitative estimate of drug-likeness (QED) is 0.750. The molecule has 1 unspecified atom stereocenters. The van der Waals surface area contributed by atoms with Crippen LogP contribution in [0.1, 0.15) is 23.0 Å². The number of furan rings is 1. The van der Waals surface area contributed by atoms with Crippen LogP contribution in [0.3, 0.4) is 0 Å².